The average molecular weight is 379 g/mol. The van der Waals surface area contributed by atoms with E-state index in [-0.39, 0.29) is 6.61 Å². The van der Waals surface area contributed by atoms with Crippen molar-refractivity contribution < 1.29 is 22.7 Å². The summed E-state index contributed by atoms with van der Waals surface area (Å²) in [7, 11) is 0. The van der Waals surface area contributed by atoms with E-state index in [2.05, 4.69) is 5.32 Å². The molecule has 0 spiro atoms. The second-order valence-corrected chi connectivity index (χ2v) is 6.27. The summed E-state index contributed by atoms with van der Waals surface area (Å²) in [4.78, 5) is 13.5. The molecule has 8 heteroatoms. The fourth-order valence-electron chi connectivity index (χ4n) is 3.09. The van der Waals surface area contributed by atoms with Crippen molar-refractivity contribution in [1.82, 2.24) is 0 Å². The van der Waals surface area contributed by atoms with E-state index < -0.39 is 17.8 Å². The molecule has 27 heavy (non-hydrogen) atoms. The Morgan fingerprint density at radius 3 is 2.67 bits per heavy atom. The molecule has 1 aliphatic rings. The van der Waals surface area contributed by atoms with Gasteiger partial charge >= 0.3 is 12.3 Å². The third kappa shape index (κ3) is 4.27. The van der Waals surface area contributed by atoms with Crippen LogP contribution < -0.4 is 16.0 Å². The van der Waals surface area contributed by atoms with Gasteiger partial charge in [0.15, 0.2) is 0 Å². The van der Waals surface area contributed by atoms with Crippen molar-refractivity contribution in [3.8, 4) is 0 Å². The number of hydrogen-bond acceptors (Lipinski definition) is 4. The Morgan fingerprint density at radius 2 is 2.00 bits per heavy atom. The summed E-state index contributed by atoms with van der Waals surface area (Å²) < 4.78 is 43.4. The lowest BCUT2D eigenvalue weighted by Crippen LogP contribution is -2.30. The van der Waals surface area contributed by atoms with Crippen molar-refractivity contribution in [3.05, 3.63) is 53.1 Å². The summed E-state index contributed by atoms with van der Waals surface area (Å²) in [6.07, 6.45) is -4.39. The number of nitrogens with zero attached hydrogens (tertiary/aromatic N) is 1. The Bertz CT molecular complexity index is 853. The van der Waals surface area contributed by atoms with Gasteiger partial charge < -0.3 is 15.4 Å². The normalized spacial score (nSPS) is 13.9. The molecular weight excluding hydrogens is 359 g/mol. The number of benzene rings is 2. The molecule has 0 saturated heterocycles. The van der Waals surface area contributed by atoms with Crippen molar-refractivity contribution >= 4 is 23.2 Å². The number of rotatable bonds is 3. The van der Waals surface area contributed by atoms with Gasteiger partial charge in [0.2, 0.25) is 0 Å². The molecule has 5 nitrogen and oxygen atoms in total. The van der Waals surface area contributed by atoms with Crippen LogP contribution in [0.5, 0.6) is 0 Å². The molecule has 3 N–H and O–H groups in total. The Kier molecular flexibility index (Phi) is 5.16. The Morgan fingerprint density at radius 1 is 1.22 bits per heavy atom. The first kappa shape index (κ1) is 18.9. The van der Waals surface area contributed by atoms with Crippen LogP contribution in [0.3, 0.4) is 0 Å². The molecule has 1 amide bonds. The largest absolute Gasteiger partial charge is 0.450 e. The molecule has 2 aromatic rings. The quantitative estimate of drug-likeness (QED) is 0.775. The molecular formula is C19H20F3N3O2. The van der Waals surface area contributed by atoms with E-state index in [0.29, 0.717) is 30.9 Å². The molecule has 0 unspecified atom stereocenters. The second-order valence-electron chi connectivity index (χ2n) is 6.27. The predicted octanol–water partition coefficient (Wildman–Crippen LogP) is 4.42. The van der Waals surface area contributed by atoms with E-state index >= 15 is 0 Å². The van der Waals surface area contributed by atoms with E-state index in [1.54, 1.807) is 19.1 Å². The van der Waals surface area contributed by atoms with E-state index in [4.69, 9.17) is 10.5 Å². The lowest BCUT2D eigenvalue weighted by atomic mass is 9.96. The van der Waals surface area contributed by atoms with Crippen molar-refractivity contribution in [2.45, 2.75) is 26.1 Å². The molecule has 0 saturated carbocycles. The first-order chi connectivity index (χ1) is 12.8. The number of anilines is 3. The number of hydrogen-bond donors (Lipinski definition) is 2. The van der Waals surface area contributed by atoms with Crippen LogP contribution in [-0.2, 0) is 23.9 Å². The van der Waals surface area contributed by atoms with Crippen LogP contribution in [-0.4, -0.2) is 19.2 Å². The minimum Gasteiger partial charge on any atom is -0.450 e. The van der Waals surface area contributed by atoms with Gasteiger partial charge in [-0.25, -0.2) is 4.79 Å². The van der Waals surface area contributed by atoms with E-state index in [1.165, 1.54) is 12.1 Å². The molecule has 0 atom stereocenters. The van der Waals surface area contributed by atoms with E-state index in [9.17, 15) is 18.0 Å². The van der Waals surface area contributed by atoms with E-state index in [0.717, 1.165) is 22.9 Å². The highest BCUT2D eigenvalue weighted by atomic mass is 19.4. The van der Waals surface area contributed by atoms with Gasteiger partial charge in [0, 0.05) is 18.8 Å². The van der Waals surface area contributed by atoms with Crippen LogP contribution in [0.25, 0.3) is 0 Å². The molecule has 0 radical (unpaired) electrons. The molecule has 0 bridgehead atoms. The third-order valence-corrected chi connectivity index (χ3v) is 4.46. The van der Waals surface area contributed by atoms with Crippen LogP contribution >= 0.6 is 0 Å². The topological polar surface area (TPSA) is 67.6 Å². The molecule has 0 aromatic heterocycles. The highest BCUT2D eigenvalue weighted by molar-refractivity contribution is 5.89. The molecule has 2 aromatic carbocycles. The molecule has 1 aliphatic heterocycles. The van der Waals surface area contributed by atoms with Crippen molar-refractivity contribution in [2.24, 2.45) is 0 Å². The zero-order chi connectivity index (χ0) is 19.6. The minimum absolute atomic E-state index is 0.257. The molecule has 0 fully saturated rings. The van der Waals surface area contributed by atoms with Gasteiger partial charge in [0.05, 0.1) is 23.5 Å². The summed E-state index contributed by atoms with van der Waals surface area (Å²) in [6, 6.07) is 9.11. The van der Waals surface area contributed by atoms with Crippen molar-refractivity contribution in [2.75, 3.05) is 29.1 Å². The Hall–Kier alpha value is -2.90. The number of alkyl halides is 3. The van der Waals surface area contributed by atoms with Gasteiger partial charge in [0.25, 0.3) is 0 Å². The van der Waals surface area contributed by atoms with Gasteiger partial charge in [-0.2, -0.15) is 13.2 Å². The SMILES string of the molecule is CCOC(=O)Nc1ccc(N2CCc3cc(C(F)(F)F)ccc3C2)cc1N. The number of nitrogens with two attached hydrogens (primary N) is 1. The molecule has 3 rings (SSSR count). The maximum absolute atomic E-state index is 12.9. The molecule has 144 valence electrons. The van der Waals surface area contributed by atoms with Gasteiger partial charge in [-0.3, -0.25) is 5.32 Å². The zero-order valence-electron chi connectivity index (χ0n) is 14.8. The smallest absolute Gasteiger partial charge is 0.416 e. The molecule has 0 aliphatic carbocycles. The lowest BCUT2D eigenvalue weighted by molar-refractivity contribution is -0.137. The lowest BCUT2D eigenvalue weighted by Gasteiger charge is -2.31. The van der Waals surface area contributed by atoms with Crippen LogP contribution in [0.1, 0.15) is 23.6 Å². The van der Waals surface area contributed by atoms with Crippen LogP contribution in [0.4, 0.5) is 35.0 Å². The first-order valence-electron chi connectivity index (χ1n) is 8.55. The Balaban J connectivity index is 1.75. The Labute approximate surface area is 154 Å². The minimum atomic E-state index is -4.33. The number of fused-ring (bicyclic) bond motifs is 1. The van der Waals surface area contributed by atoms with Gasteiger partial charge in [-0.1, -0.05) is 6.07 Å². The average Bonchev–Trinajstić information content (AvgIpc) is 2.62. The number of carbonyl (C=O) groups is 1. The number of halogens is 3. The molecule has 1 heterocycles. The highest BCUT2D eigenvalue weighted by Crippen LogP contribution is 2.34. The summed E-state index contributed by atoms with van der Waals surface area (Å²) >= 11 is 0. The van der Waals surface area contributed by atoms with Gasteiger partial charge in [-0.15, -0.1) is 0 Å². The number of ether oxygens (including phenoxy) is 1. The highest BCUT2D eigenvalue weighted by Gasteiger charge is 2.31. The first-order valence-corrected chi connectivity index (χ1v) is 8.55. The van der Waals surface area contributed by atoms with Crippen LogP contribution in [0, 0.1) is 0 Å². The number of nitrogen functional groups attached to an aromatic ring is 1. The van der Waals surface area contributed by atoms with Gasteiger partial charge in [0.1, 0.15) is 0 Å². The predicted molar refractivity (Wildman–Crippen MR) is 97.7 cm³/mol. The van der Waals surface area contributed by atoms with Crippen LogP contribution in [0.15, 0.2) is 36.4 Å². The second kappa shape index (κ2) is 7.38. The maximum Gasteiger partial charge on any atom is 0.416 e. The van der Waals surface area contributed by atoms with Crippen LogP contribution in [0.2, 0.25) is 0 Å². The summed E-state index contributed by atoms with van der Waals surface area (Å²) in [5, 5.41) is 2.57. The fraction of sp³-hybridized carbons (Fsp3) is 0.316. The number of nitrogens with one attached hydrogen (secondary N) is 1. The van der Waals surface area contributed by atoms with Crippen molar-refractivity contribution in [3.63, 3.8) is 0 Å². The van der Waals surface area contributed by atoms with Crippen molar-refractivity contribution in [1.29, 1.82) is 0 Å². The summed E-state index contributed by atoms with van der Waals surface area (Å²) in [5.41, 5.74) is 8.65. The number of amides is 1. The monoisotopic (exact) mass is 379 g/mol. The summed E-state index contributed by atoms with van der Waals surface area (Å²) in [5.74, 6) is 0. The van der Waals surface area contributed by atoms with E-state index in [1.807, 2.05) is 11.0 Å². The standard InChI is InChI=1S/C19H20F3N3O2/c1-2-27-18(26)24-17-6-5-15(10-16(17)23)25-8-7-12-9-14(19(20,21)22)4-3-13(12)11-25/h3-6,9-10H,2,7-8,11,23H2,1H3,(H,24,26). The maximum atomic E-state index is 12.9. The zero-order valence-corrected chi connectivity index (χ0v) is 14.8. The number of carbonyl (C=O) groups excluding carboxylic acids is 1. The third-order valence-electron chi connectivity index (χ3n) is 4.46. The summed E-state index contributed by atoms with van der Waals surface area (Å²) in [6.45, 7) is 3.04. The van der Waals surface area contributed by atoms with Gasteiger partial charge in [-0.05, 0) is 54.8 Å². The fourth-order valence-corrected chi connectivity index (χ4v) is 3.09.